The summed E-state index contributed by atoms with van der Waals surface area (Å²) in [4.78, 5) is 19.2. The summed E-state index contributed by atoms with van der Waals surface area (Å²) in [5, 5.41) is 1.23. The molecule has 0 fully saturated rings. The average Bonchev–Trinajstić information content (AvgIpc) is 3.05. The molecule has 0 atom stereocenters. The van der Waals surface area contributed by atoms with Gasteiger partial charge in [0, 0.05) is 27.7 Å². The largest absolute Gasteiger partial charge is 0.416 e. The van der Waals surface area contributed by atoms with E-state index in [1.807, 2.05) is 12.1 Å². The van der Waals surface area contributed by atoms with Gasteiger partial charge in [-0.2, -0.15) is 13.2 Å². The Kier molecular flexibility index (Phi) is 4.75. The second-order valence-electron chi connectivity index (χ2n) is 7.30. The Morgan fingerprint density at radius 3 is 2.47 bits per heavy atom. The van der Waals surface area contributed by atoms with Crippen LogP contribution < -0.4 is 4.90 Å². The number of hydrogen-bond acceptors (Lipinski definition) is 2. The zero-order valence-corrected chi connectivity index (χ0v) is 17.2. The SMILES string of the molecule is O=C1c2ccc(C(F)(F)F)cc2/C(=C/c2ccccc2Cl)N1c1cccc2cccnc12. The minimum absolute atomic E-state index is 0.184. The first kappa shape index (κ1) is 20.3. The number of carbonyl (C=O) groups is 1. The highest BCUT2D eigenvalue weighted by molar-refractivity contribution is 6.33. The molecule has 0 spiro atoms. The van der Waals surface area contributed by atoms with Crippen LogP contribution in [0.25, 0.3) is 22.7 Å². The Balaban J connectivity index is 1.79. The Morgan fingerprint density at radius 2 is 1.69 bits per heavy atom. The molecule has 0 bridgehead atoms. The molecule has 5 rings (SSSR count). The standard InChI is InChI=1S/C25H14ClF3N2O/c26-20-8-2-1-5-16(20)13-22-19-14-17(25(27,28)29)10-11-18(19)24(32)31(22)21-9-3-6-15-7-4-12-30-23(15)21/h1-14H/b22-13-. The predicted octanol–water partition coefficient (Wildman–Crippen LogP) is 7.07. The monoisotopic (exact) mass is 450 g/mol. The van der Waals surface area contributed by atoms with Crippen LogP contribution in [0.2, 0.25) is 5.02 Å². The van der Waals surface area contributed by atoms with Crippen LogP contribution in [0.3, 0.4) is 0 Å². The number of fused-ring (bicyclic) bond motifs is 2. The summed E-state index contributed by atoms with van der Waals surface area (Å²) in [6.07, 6.45) is -1.30. The van der Waals surface area contributed by atoms with Gasteiger partial charge in [0.15, 0.2) is 0 Å². The van der Waals surface area contributed by atoms with Crippen molar-refractivity contribution in [1.82, 2.24) is 4.98 Å². The van der Waals surface area contributed by atoms with Gasteiger partial charge >= 0.3 is 6.18 Å². The number of aromatic nitrogens is 1. The third-order valence-electron chi connectivity index (χ3n) is 5.35. The van der Waals surface area contributed by atoms with Gasteiger partial charge in [0.1, 0.15) is 0 Å². The summed E-state index contributed by atoms with van der Waals surface area (Å²) in [5.41, 5.74) is 1.49. The predicted molar refractivity (Wildman–Crippen MR) is 119 cm³/mol. The van der Waals surface area contributed by atoms with Crippen LogP contribution in [0.4, 0.5) is 18.9 Å². The highest BCUT2D eigenvalue weighted by atomic mass is 35.5. The lowest BCUT2D eigenvalue weighted by Gasteiger charge is -2.20. The molecule has 3 nitrogen and oxygen atoms in total. The number of carbonyl (C=O) groups excluding carboxylic acids is 1. The van der Waals surface area contributed by atoms with E-state index in [0.29, 0.717) is 27.5 Å². The van der Waals surface area contributed by atoms with E-state index in [1.54, 1.807) is 54.7 Å². The van der Waals surface area contributed by atoms with Gasteiger partial charge in [0.05, 0.1) is 22.5 Å². The van der Waals surface area contributed by atoms with Crippen molar-refractivity contribution in [2.24, 2.45) is 0 Å². The molecule has 2 heterocycles. The first-order valence-electron chi connectivity index (χ1n) is 9.70. The van der Waals surface area contributed by atoms with Crippen molar-refractivity contribution in [3.63, 3.8) is 0 Å². The second-order valence-corrected chi connectivity index (χ2v) is 7.71. The van der Waals surface area contributed by atoms with Crippen LogP contribution >= 0.6 is 11.6 Å². The number of para-hydroxylation sites is 1. The zero-order chi connectivity index (χ0) is 22.5. The third-order valence-corrected chi connectivity index (χ3v) is 5.69. The molecule has 1 aromatic heterocycles. The lowest BCUT2D eigenvalue weighted by Crippen LogP contribution is -2.22. The maximum atomic E-state index is 13.5. The molecule has 1 aliphatic rings. The Bertz CT molecular complexity index is 1410. The van der Waals surface area contributed by atoms with Crippen molar-refractivity contribution in [3.8, 4) is 0 Å². The molecule has 4 aromatic rings. The summed E-state index contributed by atoms with van der Waals surface area (Å²) < 4.78 is 40.4. The van der Waals surface area contributed by atoms with Crippen LogP contribution in [-0.2, 0) is 6.18 Å². The molecule has 7 heteroatoms. The van der Waals surface area contributed by atoms with Gasteiger partial charge in [-0.1, -0.05) is 48.0 Å². The minimum Gasteiger partial charge on any atom is -0.274 e. The van der Waals surface area contributed by atoms with Crippen molar-refractivity contribution in [2.75, 3.05) is 4.90 Å². The van der Waals surface area contributed by atoms with E-state index in [9.17, 15) is 18.0 Å². The summed E-state index contributed by atoms with van der Waals surface area (Å²) in [6.45, 7) is 0. The molecular weight excluding hydrogens is 437 g/mol. The molecule has 1 amide bonds. The molecule has 0 saturated heterocycles. The Morgan fingerprint density at radius 1 is 0.906 bits per heavy atom. The molecule has 0 saturated carbocycles. The zero-order valence-electron chi connectivity index (χ0n) is 16.4. The number of hydrogen-bond donors (Lipinski definition) is 0. The van der Waals surface area contributed by atoms with Gasteiger partial charge in [0.2, 0.25) is 0 Å². The molecule has 0 N–H and O–H groups in total. The van der Waals surface area contributed by atoms with Gasteiger partial charge < -0.3 is 0 Å². The van der Waals surface area contributed by atoms with E-state index >= 15 is 0 Å². The molecule has 158 valence electrons. The number of nitrogens with zero attached hydrogens (tertiary/aromatic N) is 2. The molecular formula is C25H14ClF3N2O. The Hall–Kier alpha value is -3.64. The fourth-order valence-electron chi connectivity index (χ4n) is 3.86. The highest BCUT2D eigenvalue weighted by Gasteiger charge is 2.38. The van der Waals surface area contributed by atoms with Crippen LogP contribution in [0.5, 0.6) is 0 Å². The highest BCUT2D eigenvalue weighted by Crippen LogP contribution is 2.43. The van der Waals surface area contributed by atoms with E-state index in [2.05, 4.69) is 4.98 Å². The summed E-state index contributed by atoms with van der Waals surface area (Å²) >= 11 is 6.32. The van der Waals surface area contributed by atoms with E-state index < -0.39 is 17.6 Å². The van der Waals surface area contributed by atoms with Crippen LogP contribution in [0, 0.1) is 0 Å². The molecule has 32 heavy (non-hydrogen) atoms. The third kappa shape index (κ3) is 3.33. The molecule has 0 unspecified atom stereocenters. The van der Waals surface area contributed by atoms with Gasteiger partial charge in [-0.25, -0.2) is 0 Å². The summed E-state index contributed by atoms with van der Waals surface area (Å²) in [7, 11) is 0. The lowest BCUT2D eigenvalue weighted by atomic mass is 10.0. The lowest BCUT2D eigenvalue weighted by molar-refractivity contribution is -0.137. The van der Waals surface area contributed by atoms with Crippen molar-refractivity contribution in [2.45, 2.75) is 6.18 Å². The maximum absolute atomic E-state index is 13.5. The number of benzene rings is 3. The Labute approximate surface area is 186 Å². The number of alkyl halides is 3. The molecule has 1 aliphatic heterocycles. The van der Waals surface area contributed by atoms with Crippen LogP contribution in [0.1, 0.15) is 27.0 Å². The van der Waals surface area contributed by atoms with E-state index in [0.717, 1.165) is 17.5 Å². The average molecular weight is 451 g/mol. The quantitative estimate of drug-likeness (QED) is 0.327. The molecule has 3 aromatic carbocycles. The number of anilines is 1. The second kappa shape index (κ2) is 7.50. The fraction of sp³-hybridized carbons (Fsp3) is 0.0400. The van der Waals surface area contributed by atoms with Crippen molar-refractivity contribution < 1.29 is 18.0 Å². The van der Waals surface area contributed by atoms with Crippen LogP contribution in [0.15, 0.2) is 79.0 Å². The topological polar surface area (TPSA) is 33.2 Å². The first-order valence-corrected chi connectivity index (χ1v) is 10.1. The number of rotatable bonds is 2. The number of pyridine rings is 1. The normalized spacial score (nSPS) is 14.9. The minimum atomic E-state index is -4.54. The summed E-state index contributed by atoms with van der Waals surface area (Å²) in [6, 6.07) is 19.1. The van der Waals surface area contributed by atoms with Crippen molar-refractivity contribution in [3.05, 3.63) is 106 Å². The van der Waals surface area contributed by atoms with Crippen molar-refractivity contribution >= 4 is 45.9 Å². The van der Waals surface area contributed by atoms with Gasteiger partial charge in [-0.05, 0) is 48.0 Å². The van der Waals surface area contributed by atoms with Crippen molar-refractivity contribution in [1.29, 1.82) is 0 Å². The van der Waals surface area contributed by atoms with E-state index in [1.165, 1.54) is 11.0 Å². The number of amides is 1. The van der Waals surface area contributed by atoms with Gasteiger partial charge in [-0.3, -0.25) is 14.7 Å². The van der Waals surface area contributed by atoms with Gasteiger partial charge in [0.25, 0.3) is 5.91 Å². The number of halogens is 4. The fourth-order valence-corrected chi connectivity index (χ4v) is 4.05. The van der Waals surface area contributed by atoms with E-state index in [4.69, 9.17) is 11.6 Å². The maximum Gasteiger partial charge on any atom is 0.416 e. The van der Waals surface area contributed by atoms with Gasteiger partial charge in [-0.15, -0.1) is 0 Å². The molecule has 0 radical (unpaired) electrons. The van der Waals surface area contributed by atoms with E-state index in [-0.39, 0.29) is 11.1 Å². The smallest absolute Gasteiger partial charge is 0.274 e. The first-order chi connectivity index (χ1) is 15.3. The summed E-state index contributed by atoms with van der Waals surface area (Å²) in [5.74, 6) is -0.426. The van der Waals surface area contributed by atoms with Crippen LogP contribution in [-0.4, -0.2) is 10.9 Å². The molecule has 0 aliphatic carbocycles.